The van der Waals surface area contributed by atoms with Crippen molar-refractivity contribution in [2.45, 2.75) is 40.2 Å². The molecule has 1 aliphatic carbocycles. The molecule has 2 atom stereocenters. The molecule has 1 aromatic carbocycles. The van der Waals surface area contributed by atoms with Crippen molar-refractivity contribution in [3.8, 4) is 11.5 Å². The zero-order valence-corrected chi connectivity index (χ0v) is 14.6. The number of ether oxygens (including phenoxy) is 2. The molecular weight excluding hydrogens is 304 g/mol. The van der Waals surface area contributed by atoms with Crippen molar-refractivity contribution in [2.24, 2.45) is 5.92 Å². The first-order valence-electron chi connectivity index (χ1n) is 8.10. The van der Waals surface area contributed by atoms with Gasteiger partial charge >= 0.3 is 5.97 Å². The van der Waals surface area contributed by atoms with Crippen LogP contribution in [0.3, 0.4) is 0 Å². The molecule has 2 unspecified atom stereocenters. The number of benzene rings is 1. The summed E-state index contributed by atoms with van der Waals surface area (Å²) in [5.74, 6) is 1.53. The van der Waals surface area contributed by atoms with Crippen LogP contribution in [-0.2, 0) is 4.79 Å². The van der Waals surface area contributed by atoms with E-state index in [4.69, 9.17) is 14.6 Å². The van der Waals surface area contributed by atoms with Gasteiger partial charge in [0.25, 0.3) is 0 Å². The number of hydrogen-bond acceptors (Lipinski definition) is 3. The second-order valence-electron chi connectivity index (χ2n) is 6.19. The molecule has 0 amide bonds. The van der Waals surface area contributed by atoms with E-state index in [0.717, 1.165) is 17.8 Å². The fourth-order valence-corrected chi connectivity index (χ4v) is 2.52. The van der Waals surface area contributed by atoms with Gasteiger partial charge in [0.1, 0.15) is 17.3 Å². The van der Waals surface area contributed by atoms with Crippen molar-refractivity contribution in [1.29, 1.82) is 0 Å². The van der Waals surface area contributed by atoms with Gasteiger partial charge in [-0.25, -0.2) is 4.79 Å². The Morgan fingerprint density at radius 3 is 2.46 bits per heavy atom. The van der Waals surface area contributed by atoms with Gasteiger partial charge in [-0.3, -0.25) is 0 Å². The predicted molar refractivity (Wildman–Crippen MR) is 94.2 cm³/mol. The fourth-order valence-electron chi connectivity index (χ4n) is 2.52. The molecule has 128 valence electrons. The third kappa shape index (κ3) is 5.01. The molecule has 24 heavy (non-hydrogen) atoms. The first-order valence-corrected chi connectivity index (χ1v) is 8.10. The first kappa shape index (κ1) is 17.9. The Bertz CT molecular complexity index is 680. The molecule has 1 aromatic rings. The number of allylic oxidation sites excluding steroid dienone is 5. The SMILES string of the molecule is CC1=CC(C)CC=C(Oc2ccc(OC(C)C(=O)O)cc2)C(C)=C1. The predicted octanol–water partition coefficient (Wildman–Crippen LogP) is 4.73. The van der Waals surface area contributed by atoms with Crippen LogP contribution in [0.2, 0.25) is 0 Å². The molecule has 0 radical (unpaired) electrons. The first-order chi connectivity index (χ1) is 11.3. The largest absolute Gasteiger partial charge is 0.479 e. The Labute approximate surface area is 143 Å². The van der Waals surface area contributed by atoms with E-state index in [1.165, 1.54) is 12.5 Å². The van der Waals surface area contributed by atoms with Crippen molar-refractivity contribution < 1.29 is 19.4 Å². The standard InChI is InChI=1S/C20H24O4/c1-13-5-10-19(15(3)12-14(2)11-13)24-18-8-6-17(7-9-18)23-16(4)20(21)22/h6-13,16H,5H2,1-4H3,(H,21,22). The van der Waals surface area contributed by atoms with Crippen LogP contribution in [0.15, 0.2) is 59.4 Å². The number of carboxylic acid groups (broad SMARTS) is 1. The summed E-state index contributed by atoms with van der Waals surface area (Å²) >= 11 is 0. The minimum Gasteiger partial charge on any atom is -0.479 e. The van der Waals surface area contributed by atoms with E-state index in [1.807, 2.05) is 6.92 Å². The number of hydrogen-bond donors (Lipinski definition) is 1. The monoisotopic (exact) mass is 328 g/mol. The molecule has 0 saturated carbocycles. The lowest BCUT2D eigenvalue weighted by Crippen LogP contribution is -2.22. The maximum absolute atomic E-state index is 10.8. The molecule has 0 fully saturated rings. The van der Waals surface area contributed by atoms with Crippen LogP contribution in [0.5, 0.6) is 11.5 Å². The van der Waals surface area contributed by atoms with Gasteiger partial charge in [0.05, 0.1) is 0 Å². The van der Waals surface area contributed by atoms with Crippen molar-refractivity contribution in [1.82, 2.24) is 0 Å². The number of carboxylic acids is 1. The summed E-state index contributed by atoms with van der Waals surface area (Å²) in [6.45, 7) is 7.81. The van der Waals surface area contributed by atoms with Crippen LogP contribution in [-0.4, -0.2) is 17.2 Å². The second kappa shape index (κ2) is 7.86. The maximum Gasteiger partial charge on any atom is 0.344 e. The highest BCUT2D eigenvalue weighted by molar-refractivity contribution is 5.72. The van der Waals surface area contributed by atoms with Crippen LogP contribution in [0.25, 0.3) is 0 Å². The highest BCUT2D eigenvalue weighted by Crippen LogP contribution is 2.25. The molecule has 1 N–H and O–H groups in total. The minimum absolute atomic E-state index is 0.473. The highest BCUT2D eigenvalue weighted by Gasteiger charge is 2.13. The number of rotatable bonds is 5. The third-order valence-corrected chi connectivity index (χ3v) is 3.77. The Kier molecular flexibility index (Phi) is 5.85. The highest BCUT2D eigenvalue weighted by atomic mass is 16.5. The van der Waals surface area contributed by atoms with E-state index >= 15 is 0 Å². The van der Waals surface area contributed by atoms with E-state index < -0.39 is 12.1 Å². The molecule has 0 saturated heterocycles. The zero-order chi connectivity index (χ0) is 17.7. The lowest BCUT2D eigenvalue weighted by Gasteiger charge is -2.16. The van der Waals surface area contributed by atoms with Gasteiger partial charge in [0.2, 0.25) is 0 Å². The number of carbonyl (C=O) groups is 1. The summed E-state index contributed by atoms with van der Waals surface area (Å²) in [5.41, 5.74) is 2.32. The summed E-state index contributed by atoms with van der Waals surface area (Å²) < 4.78 is 11.3. The normalized spacial score (nSPS) is 19.2. The Hall–Kier alpha value is -2.49. The second-order valence-corrected chi connectivity index (χ2v) is 6.19. The summed E-state index contributed by atoms with van der Waals surface area (Å²) in [6.07, 6.45) is 6.53. The van der Waals surface area contributed by atoms with Crippen LogP contribution >= 0.6 is 0 Å². The Morgan fingerprint density at radius 2 is 1.83 bits per heavy atom. The van der Waals surface area contributed by atoms with Gasteiger partial charge in [0, 0.05) is 0 Å². The Balaban J connectivity index is 2.10. The minimum atomic E-state index is -0.992. The molecule has 4 nitrogen and oxygen atoms in total. The van der Waals surface area contributed by atoms with Gasteiger partial charge in [0.15, 0.2) is 6.10 Å². The molecule has 0 aromatic heterocycles. The molecule has 4 heteroatoms. The molecule has 0 spiro atoms. The van der Waals surface area contributed by atoms with Crippen LogP contribution < -0.4 is 9.47 Å². The van der Waals surface area contributed by atoms with E-state index in [1.54, 1.807) is 24.3 Å². The average molecular weight is 328 g/mol. The van der Waals surface area contributed by atoms with Gasteiger partial charge in [-0.2, -0.15) is 0 Å². The van der Waals surface area contributed by atoms with Crippen LogP contribution in [0, 0.1) is 5.92 Å². The van der Waals surface area contributed by atoms with Crippen LogP contribution in [0.4, 0.5) is 0 Å². The van der Waals surface area contributed by atoms with Crippen molar-refractivity contribution in [2.75, 3.05) is 0 Å². The zero-order valence-electron chi connectivity index (χ0n) is 14.6. The lowest BCUT2D eigenvalue weighted by atomic mass is 9.99. The van der Waals surface area contributed by atoms with Crippen molar-refractivity contribution in [3.05, 3.63) is 59.4 Å². The molecular formula is C20H24O4. The topological polar surface area (TPSA) is 55.8 Å². The van der Waals surface area contributed by atoms with Gasteiger partial charge in [-0.05, 0) is 69.0 Å². The summed E-state index contributed by atoms with van der Waals surface area (Å²) in [6, 6.07) is 6.99. The van der Waals surface area contributed by atoms with Gasteiger partial charge in [-0.15, -0.1) is 0 Å². The quantitative estimate of drug-likeness (QED) is 0.848. The molecule has 0 aliphatic heterocycles. The van der Waals surface area contributed by atoms with Gasteiger partial charge < -0.3 is 14.6 Å². The smallest absolute Gasteiger partial charge is 0.344 e. The lowest BCUT2D eigenvalue weighted by molar-refractivity contribution is -0.144. The van der Waals surface area contributed by atoms with Crippen molar-refractivity contribution in [3.63, 3.8) is 0 Å². The van der Waals surface area contributed by atoms with Crippen molar-refractivity contribution >= 4 is 5.97 Å². The average Bonchev–Trinajstić information content (AvgIpc) is 2.51. The number of aliphatic carboxylic acids is 1. The fraction of sp³-hybridized carbons (Fsp3) is 0.350. The Morgan fingerprint density at radius 1 is 1.21 bits per heavy atom. The van der Waals surface area contributed by atoms with E-state index in [-0.39, 0.29) is 0 Å². The molecule has 2 rings (SSSR count). The van der Waals surface area contributed by atoms with Crippen LogP contribution in [0.1, 0.15) is 34.1 Å². The summed E-state index contributed by atoms with van der Waals surface area (Å²) in [4.78, 5) is 10.8. The van der Waals surface area contributed by atoms with E-state index in [0.29, 0.717) is 17.4 Å². The summed E-state index contributed by atoms with van der Waals surface area (Å²) in [7, 11) is 0. The third-order valence-electron chi connectivity index (χ3n) is 3.77. The molecule has 1 aliphatic rings. The maximum atomic E-state index is 10.8. The molecule has 0 heterocycles. The summed E-state index contributed by atoms with van der Waals surface area (Å²) in [5, 5.41) is 8.87. The van der Waals surface area contributed by atoms with Gasteiger partial charge in [-0.1, -0.05) is 24.6 Å². The van der Waals surface area contributed by atoms with E-state index in [9.17, 15) is 4.79 Å². The van der Waals surface area contributed by atoms with E-state index in [2.05, 4.69) is 32.1 Å². The molecule has 0 bridgehead atoms.